The fraction of sp³-hybridized carbons (Fsp3) is 0.429. The highest BCUT2D eigenvalue weighted by Gasteiger charge is 2.35. The van der Waals surface area contributed by atoms with Crippen LogP contribution in [0.25, 0.3) is 5.57 Å². The van der Waals surface area contributed by atoms with E-state index in [0.717, 1.165) is 40.1 Å². The third-order valence-corrected chi connectivity index (χ3v) is 10.9. The zero-order valence-electron chi connectivity index (χ0n) is 26.3. The lowest BCUT2D eigenvalue weighted by Crippen LogP contribution is -2.42. The van der Waals surface area contributed by atoms with E-state index >= 15 is 0 Å². The number of sulfonamides is 1. The van der Waals surface area contributed by atoms with Crippen LogP contribution in [0.4, 0.5) is 5.69 Å². The van der Waals surface area contributed by atoms with Gasteiger partial charge in [-0.1, -0.05) is 43.7 Å². The van der Waals surface area contributed by atoms with Gasteiger partial charge in [-0.15, -0.1) is 0 Å². The maximum Gasteiger partial charge on any atom is 0.336 e. The molecule has 0 amide bonds. The number of allylic oxidation sites excluding steroid dienone is 3. The number of hydrogen-bond acceptors (Lipinski definition) is 6. The summed E-state index contributed by atoms with van der Waals surface area (Å²) >= 11 is 0. The Balaban J connectivity index is 1.61. The maximum absolute atomic E-state index is 13.7. The van der Waals surface area contributed by atoms with Gasteiger partial charge in [-0.05, 0) is 80.7 Å². The summed E-state index contributed by atoms with van der Waals surface area (Å²) in [6, 6.07) is 10.9. The molecule has 5 rings (SSSR count). The minimum atomic E-state index is -3.66. The van der Waals surface area contributed by atoms with Crippen molar-refractivity contribution in [3.63, 3.8) is 0 Å². The SMILES string of the molecule is CCNc1cc2c(cc1C)C(c1ccccc1C(=O)O)=C1C=C(C(CC(C)C)CS(=O)(=O)N3CCC(C(=O)O)CC3)CC=C1O2. The lowest BCUT2D eigenvalue weighted by Gasteiger charge is -2.33. The van der Waals surface area contributed by atoms with E-state index in [1.54, 1.807) is 12.1 Å². The lowest BCUT2D eigenvalue weighted by atomic mass is 9.80. The van der Waals surface area contributed by atoms with Crippen LogP contribution in [0.2, 0.25) is 0 Å². The number of benzene rings is 2. The Kier molecular flexibility index (Phi) is 9.55. The number of nitrogens with one attached hydrogen (secondary N) is 1. The van der Waals surface area contributed by atoms with E-state index in [1.807, 2.05) is 50.3 Å². The van der Waals surface area contributed by atoms with Gasteiger partial charge in [0, 0.05) is 48.1 Å². The average Bonchev–Trinajstić information content (AvgIpc) is 2.99. The summed E-state index contributed by atoms with van der Waals surface area (Å²) in [5.74, 6) is -1.31. The van der Waals surface area contributed by atoms with Crippen molar-refractivity contribution in [2.45, 2.75) is 53.4 Å². The first-order chi connectivity index (χ1) is 21.4. The van der Waals surface area contributed by atoms with Crippen LogP contribution in [0.5, 0.6) is 5.75 Å². The number of aromatic carboxylic acids is 1. The van der Waals surface area contributed by atoms with Crippen LogP contribution in [0.3, 0.4) is 0 Å². The summed E-state index contributed by atoms with van der Waals surface area (Å²) in [4.78, 5) is 23.8. The molecule has 9 nitrogen and oxygen atoms in total. The molecule has 2 aliphatic heterocycles. The Hall–Kier alpha value is -3.89. The van der Waals surface area contributed by atoms with Gasteiger partial charge in [0.2, 0.25) is 10.0 Å². The van der Waals surface area contributed by atoms with Gasteiger partial charge in [0.1, 0.15) is 11.5 Å². The number of hydrogen-bond donors (Lipinski definition) is 3. The van der Waals surface area contributed by atoms with E-state index in [0.29, 0.717) is 42.8 Å². The van der Waals surface area contributed by atoms with E-state index in [9.17, 15) is 28.2 Å². The second-order valence-electron chi connectivity index (χ2n) is 12.5. The number of anilines is 1. The molecule has 1 aliphatic carbocycles. The number of carboxylic acids is 2. The van der Waals surface area contributed by atoms with Crippen molar-refractivity contribution in [1.82, 2.24) is 4.31 Å². The number of aryl methyl sites for hydroxylation is 1. The van der Waals surface area contributed by atoms with Crippen molar-refractivity contribution in [2.75, 3.05) is 30.7 Å². The number of rotatable bonds is 11. The third kappa shape index (κ3) is 6.87. The molecule has 0 aromatic heterocycles. The molecule has 45 heavy (non-hydrogen) atoms. The zero-order valence-corrected chi connectivity index (χ0v) is 27.1. The molecule has 1 fully saturated rings. The number of ether oxygens (including phenoxy) is 1. The van der Waals surface area contributed by atoms with Gasteiger partial charge in [0.05, 0.1) is 17.2 Å². The van der Waals surface area contributed by atoms with Crippen molar-refractivity contribution in [3.8, 4) is 5.75 Å². The van der Waals surface area contributed by atoms with Crippen molar-refractivity contribution in [1.29, 1.82) is 0 Å². The first-order valence-corrected chi connectivity index (χ1v) is 17.3. The lowest BCUT2D eigenvalue weighted by molar-refractivity contribution is -0.142. The Bertz CT molecular complexity index is 1700. The first-order valence-electron chi connectivity index (χ1n) is 15.6. The zero-order chi connectivity index (χ0) is 32.5. The highest BCUT2D eigenvalue weighted by Crippen LogP contribution is 2.47. The Morgan fingerprint density at radius 2 is 1.80 bits per heavy atom. The fourth-order valence-electron chi connectivity index (χ4n) is 6.64. The van der Waals surface area contributed by atoms with Crippen LogP contribution < -0.4 is 10.1 Å². The number of piperidine rings is 1. The van der Waals surface area contributed by atoms with E-state index in [2.05, 4.69) is 19.2 Å². The van der Waals surface area contributed by atoms with E-state index in [1.165, 1.54) is 4.31 Å². The minimum absolute atomic E-state index is 0.0746. The summed E-state index contributed by atoms with van der Waals surface area (Å²) in [5, 5.41) is 22.9. The van der Waals surface area contributed by atoms with Gasteiger partial charge in [-0.25, -0.2) is 17.5 Å². The molecule has 0 saturated carbocycles. The van der Waals surface area contributed by atoms with Crippen molar-refractivity contribution in [2.24, 2.45) is 17.8 Å². The smallest absolute Gasteiger partial charge is 0.336 e. The van der Waals surface area contributed by atoms with Crippen LogP contribution >= 0.6 is 0 Å². The van der Waals surface area contributed by atoms with Crippen molar-refractivity contribution < 1.29 is 33.0 Å². The summed E-state index contributed by atoms with van der Waals surface area (Å²) in [7, 11) is -3.66. The molecule has 0 bridgehead atoms. The standard InChI is InChI=1S/C35H42N2O7S/c1-5-36-30-19-32-28(17-22(30)4)33(26-8-6-7-9-27(26)35(40)41)29-18-24(10-11-31(29)44-32)25(16-21(2)3)20-45(42,43)37-14-12-23(13-15-37)34(38)39/h6-9,11,17-19,21,23,25,36H,5,10,12-16,20H2,1-4H3,(H,38,39)(H,40,41). The third-order valence-electron chi connectivity index (χ3n) is 8.89. The molecule has 3 N–H and O–H groups in total. The van der Waals surface area contributed by atoms with Gasteiger partial charge >= 0.3 is 11.9 Å². The number of carbonyl (C=O) groups is 2. The van der Waals surface area contributed by atoms with Gasteiger partial charge in [-0.2, -0.15) is 0 Å². The molecule has 3 aliphatic rings. The molecule has 0 spiro atoms. The summed E-state index contributed by atoms with van der Waals surface area (Å²) in [5.41, 5.74) is 5.88. The first kappa shape index (κ1) is 32.5. The second kappa shape index (κ2) is 13.2. The molecule has 2 aromatic carbocycles. The molecule has 1 atom stereocenters. The van der Waals surface area contributed by atoms with Crippen LogP contribution in [0, 0.1) is 24.7 Å². The van der Waals surface area contributed by atoms with Crippen LogP contribution in [-0.4, -0.2) is 60.3 Å². The van der Waals surface area contributed by atoms with Gasteiger partial charge in [0.25, 0.3) is 0 Å². The average molecular weight is 635 g/mol. The van der Waals surface area contributed by atoms with Gasteiger partial charge in [-0.3, -0.25) is 4.79 Å². The largest absolute Gasteiger partial charge is 0.481 e. The number of carboxylic acid groups (broad SMARTS) is 2. The molecule has 1 saturated heterocycles. The molecule has 1 unspecified atom stereocenters. The highest BCUT2D eigenvalue weighted by molar-refractivity contribution is 7.89. The molecule has 240 valence electrons. The summed E-state index contributed by atoms with van der Waals surface area (Å²) in [6.07, 6.45) is 5.76. The fourth-order valence-corrected chi connectivity index (χ4v) is 8.48. The highest BCUT2D eigenvalue weighted by atomic mass is 32.2. The Morgan fingerprint density at radius 1 is 1.09 bits per heavy atom. The monoisotopic (exact) mass is 634 g/mol. The Labute approximate surface area is 265 Å². The Morgan fingerprint density at radius 3 is 2.44 bits per heavy atom. The predicted molar refractivity (Wildman–Crippen MR) is 175 cm³/mol. The van der Waals surface area contributed by atoms with Gasteiger partial charge in [0.15, 0.2) is 0 Å². The summed E-state index contributed by atoms with van der Waals surface area (Å²) in [6.45, 7) is 9.31. The molecule has 2 heterocycles. The minimum Gasteiger partial charge on any atom is -0.481 e. The normalized spacial score (nSPS) is 18.0. The van der Waals surface area contributed by atoms with Gasteiger partial charge < -0.3 is 20.3 Å². The van der Waals surface area contributed by atoms with Crippen molar-refractivity contribution in [3.05, 3.63) is 87.7 Å². The van der Waals surface area contributed by atoms with Crippen molar-refractivity contribution >= 4 is 33.2 Å². The number of nitrogens with zero attached hydrogens (tertiary/aromatic N) is 1. The van der Waals surface area contributed by atoms with E-state index in [4.69, 9.17) is 4.74 Å². The second-order valence-corrected chi connectivity index (χ2v) is 14.6. The van der Waals surface area contributed by atoms with Crippen LogP contribution in [0.15, 0.2) is 65.5 Å². The predicted octanol–water partition coefficient (Wildman–Crippen LogP) is 6.32. The van der Waals surface area contributed by atoms with E-state index < -0.39 is 27.9 Å². The topological polar surface area (TPSA) is 133 Å². The molecule has 10 heteroatoms. The number of fused-ring (bicyclic) bond motifs is 2. The van der Waals surface area contributed by atoms with Crippen LogP contribution in [-0.2, 0) is 14.8 Å². The molecular weight excluding hydrogens is 592 g/mol. The molecular formula is C35H42N2O7S. The van der Waals surface area contributed by atoms with Crippen LogP contribution in [0.1, 0.15) is 73.5 Å². The maximum atomic E-state index is 13.7. The number of aliphatic carboxylic acids is 1. The van der Waals surface area contributed by atoms with E-state index in [-0.39, 0.29) is 36.2 Å². The quantitative estimate of drug-likeness (QED) is 0.262. The molecule has 2 aromatic rings. The molecule has 0 radical (unpaired) electrons. The summed E-state index contributed by atoms with van der Waals surface area (Å²) < 4.78 is 35.3.